The number of anilines is 1. The fourth-order valence-electron chi connectivity index (χ4n) is 2.19. The first-order valence-corrected chi connectivity index (χ1v) is 9.14. The Morgan fingerprint density at radius 3 is 2.04 bits per heavy atom. The summed E-state index contributed by atoms with van der Waals surface area (Å²) in [6.07, 6.45) is -9.97. The quantitative estimate of drug-likeness (QED) is 0.689. The van der Waals surface area contributed by atoms with E-state index in [0.717, 1.165) is 0 Å². The highest BCUT2D eigenvalue weighted by molar-refractivity contribution is 7.91. The lowest BCUT2D eigenvalue weighted by Gasteiger charge is -2.13. The molecule has 1 aromatic carbocycles. The molecule has 0 saturated heterocycles. The first-order chi connectivity index (χ1) is 12.6. The molecule has 152 valence electrons. The number of alkyl halides is 6. The maximum absolute atomic E-state index is 12.8. The lowest BCUT2D eigenvalue weighted by molar-refractivity contribution is -0.137. The average Bonchev–Trinajstić information content (AvgIpc) is 2.80. The number of nitrogens with zero attached hydrogens (tertiary/aromatic N) is 3. The van der Waals surface area contributed by atoms with Crippen LogP contribution in [0.5, 0.6) is 0 Å². The van der Waals surface area contributed by atoms with E-state index < -0.39 is 65.6 Å². The van der Waals surface area contributed by atoms with E-state index in [0.29, 0.717) is 16.8 Å². The van der Waals surface area contributed by atoms with Crippen LogP contribution in [0, 0.1) is 11.3 Å². The third-order valence-electron chi connectivity index (χ3n) is 3.20. The summed E-state index contributed by atoms with van der Waals surface area (Å²) in [5.41, 5.74) is 2.75. The van der Waals surface area contributed by atoms with Gasteiger partial charge in [-0.2, -0.15) is 36.7 Å². The molecule has 0 saturated carbocycles. The maximum atomic E-state index is 12.8. The number of hydrogen-bond donors (Lipinski definition) is 1. The third kappa shape index (κ3) is 4.29. The maximum Gasteiger partial charge on any atom is 0.416 e. The minimum absolute atomic E-state index is 0.395. The van der Waals surface area contributed by atoms with Gasteiger partial charge in [-0.25, -0.2) is 13.1 Å². The van der Waals surface area contributed by atoms with Crippen LogP contribution in [0.4, 0.5) is 32.2 Å². The first-order valence-electron chi connectivity index (χ1n) is 6.73. The molecule has 0 bridgehead atoms. The summed E-state index contributed by atoms with van der Waals surface area (Å²) < 4.78 is 100. The zero-order valence-electron chi connectivity index (χ0n) is 13.0. The van der Waals surface area contributed by atoms with Crippen molar-refractivity contribution in [3.8, 4) is 11.8 Å². The molecule has 2 aromatic rings. The van der Waals surface area contributed by atoms with E-state index in [1.165, 1.54) is 6.07 Å². The van der Waals surface area contributed by atoms with E-state index in [1.54, 1.807) is 0 Å². The molecule has 0 radical (unpaired) electrons. The normalized spacial score (nSPS) is 12.8. The van der Waals surface area contributed by atoms with E-state index >= 15 is 0 Å². The molecule has 28 heavy (non-hydrogen) atoms. The van der Waals surface area contributed by atoms with Gasteiger partial charge in [0.1, 0.15) is 22.5 Å². The largest absolute Gasteiger partial charge is 0.416 e. The summed E-state index contributed by atoms with van der Waals surface area (Å²) >= 11 is 11.5. The van der Waals surface area contributed by atoms with Gasteiger partial charge in [0.2, 0.25) is 0 Å². The molecule has 0 amide bonds. The molecular formula is C13H6Cl2F6N4O2S. The molecule has 6 nitrogen and oxygen atoms in total. The van der Waals surface area contributed by atoms with Gasteiger partial charge in [-0.3, -0.25) is 0 Å². The van der Waals surface area contributed by atoms with Crippen LogP contribution in [0.2, 0.25) is 10.0 Å². The zero-order chi connectivity index (χ0) is 21.7. The van der Waals surface area contributed by atoms with Gasteiger partial charge in [-0.05, 0) is 12.1 Å². The number of sulfone groups is 1. The molecule has 0 fully saturated rings. The highest BCUT2D eigenvalue weighted by atomic mass is 35.5. The van der Waals surface area contributed by atoms with E-state index in [-0.39, 0.29) is 0 Å². The first kappa shape index (κ1) is 22.1. The van der Waals surface area contributed by atoms with Gasteiger partial charge >= 0.3 is 12.4 Å². The lowest BCUT2D eigenvalue weighted by Crippen LogP contribution is -2.24. The Bertz CT molecular complexity index is 1060. The van der Waals surface area contributed by atoms with Gasteiger partial charge < -0.3 is 5.73 Å². The van der Waals surface area contributed by atoms with Crippen molar-refractivity contribution in [2.45, 2.75) is 17.2 Å². The van der Waals surface area contributed by atoms with Gasteiger partial charge in [0.15, 0.2) is 21.3 Å². The molecule has 15 heteroatoms. The van der Waals surface area contributed by atoms with Crippen LogP contribution in [0.15, 0.2) is 17.0 Å². The van der Waals surface area contributed by atoms with Crippen LogP contribution in [-0.2, 0) is 16.0 Å². The van der Waals surface area contributed by atoms with Crippen molar-refractivity contribution >= 4 is 38.9 Å². The van der Waals surface area contributed by atoms with E-state index in [4.69, 9.17) is 34.2 Å². The summed E-state index contributed by atoms with van der Waals surface area (Å²) in [6.45, 7) is 0. The number of nitriles is 1. The summed E-state index contributed by atoms with van der Waals surface area (Å²) in [6, 6.07) is 2.13. The van der Waals surface area contributed by atoms with Crippen LogP contribution in [0.25, 0.3) is 5.69 Å². The SMILES string of the molecule is N#Cc1nn(-c2c(Cl)cc(C(F)(F)F)cc2Cl)c(N)c1S(=O)(=O)CC(F)(F)F. The van der Waals surface area contributed by atoms with Crippen molar-refractivity contribution in [1.82, 2.24) is 9.78 Å². The van der Waals surface area contributed by atoms with Crippen LogP contribution in [0.1, 0.15) is 11.3 Å². The number of aromatic nitrogens is 2. The third-order valence-corrected chi connectivity index (χ3v) is 5.51. The van der Waals surface area contributed by atoms with Gasteiger partial charge in [-0.15, -0.1) is 0 Å². The van der Waals surface area contributed by atoms with Crippen molar-refractivity contribution in [2.24, 2.45) is 0 Å². The Morgan fingerprint density at radius 2 is 1.64 bits per heavy atom. The second-order valence-corrected chi connectivity index (χ2v) is 7.99. The van der Waals surface area contributed by atoms with Gasteiger partial charge in [0.25, 0.3) is 0 Å². The average molecular weight is 467 g/mol. The van der Waals surface area contributed by atoms with Gasteiger partial charge in [-0.1, -0.05) is 23.2 Å². The highest BCUT2D eigenvalue weighted by Gasteiger charge is 2.40. The Kier molecular flexibility index (Phi) is 5.54. The second-order valence-electron chi connectivity index (χ2n) is 5.25. The Morgan fingerprint density at radius 1 is 1.14 bits per heavy atom. The molecule has 0 atom stereocenters. The Labute approximate surface area is 163 Å². The number of benzene rings is 1. The molecule has 0 aliphatic heterocycles. The smallest absolute Gasteiger partial charge is 0.382 e. The topological polar surface area (TPSA) is 102 Å². The number of nitrogen functional groups attached to an aromatic ring is 1. The van der Waals surface area contributed by atoms with Crippen LogP contribution < -0.4 is 5.73 Å². The van der Waals surface area contributed by atoms with Gasteiger partial charge in [0.05, 0.1) is 15.6 Å². The van der Waals surface area contributed by atoms with Crippen molar-refractivity contribution in [3.63, 3.8) is 0 Å². The van der Waals surface area contributed by atoms with Gasteiger partial charge in [0, 0.05) is 0 Å². The van der Waals surface area contributed by atoms with Crippen LogP contribution in [-0.4, -0.2) is 30.1 Å². The Balaban J connectivity index is 2.75. The predicted molar refractivity (Wildman–Crippen MR) is 85.8 cm³/mol. The zero-order valence-corrected chi connectivity index (χ0v) is 15.4. The van der Waals surface area contributed by atoms with Crippen molar-refractivity contribution in [1.29, 1.82) is 5.26 Å². The fraction of sp³-hybridized carbons (Fsp3) is 0.231. The molecule has 2 N–H and O–H groups in total. The molecule has 0 unspecified atom stereocenters. The molecule has 2 rings (SSSR count). The van der Waals surface area contributed by atoms with Crippen molar-refractivity contribution < 1.29 is 34.8 Å². The monoisotopic (exact) mass is 466 g/mol. The number of rotatable bonds is 3. The summed E-state index contributed by atoms with van der Waals surface area (Å²) in [5.74, 6) is -3.30. The van der Waals surface area contributed by atoms with E-state index in [9.17, 15) is 34.8 Å². The minimum Gasteiger partial charge on any atom is -0.382 e. The van der Waals surface area contributed by atoms with Crippen LogP contribution in [0.3, 0.4) is 0 Å². The summed E-state index contributed by atoms with van der Waals surface area (Å²) in [4.78, 5) is -1.24. The number of hydrogen-bond acceptors (Lipinski definition) is 5. The van der Waals surface area contributed by atoms with Crippen molar-refractivity contribution in [2.75, 3.05) is 11.5 Å². The molecule has 0 spiro atoms. The summed E-state index contributed by atoms with van der Waals surface area (Å²) in [5, 5.41) is 11.1. The lowest BCUT2D eigenvalue weighted by atomic mass is 10.2. The summed E-state index contributed by atoms with van der Waals surface area (Å²) in [7, 11) is -5.16. The number of nitrogens with two attached hydrogens (primary N) is 1. The molecule has 1 heterocycles. The Hall–Kier alpha value is -2.17. The van der Waals surface area contributed by atoms with Crippen molar-refractivity contribution in [3.05, 3.63) is 33.4 Å². The van der Waals surface area contributed by atoms with Crippen LogP contribution >= 0.6 is 23.2 Å². The van der Waals surface area contributed by atoms with E-state index in [1.807, 2.05) is 0 Å². The molecule has 1 aromatic heterocycles. The standard InChI is InChI=1S/C13H6Cl2F6N4O2S/c14-6-1-5(13(19,20)21)2-7(15)9(6)25-11(23)10(8(3-22)24-25)28(26,27)4-12(16,17)18/h1-2H,4,23H2. The molecule has 0 aliphatic carbocycles. The predicted octanol–water partition coefficient (Wildman–Crippen LogP) is 3.99. The molecular weight excluding hydrogens is 461 g/mol. The minimum atomic E-state index is -5.16. The highest BCUT2D eigenvalue weighted by Crippen LogP contribution is 2.39. The number of halogens is 8. The van der Waals surface area contributed by atoms with E-state index in [2.05, 4.69) is 5.10 Å². The molecule has 0 aliphatic rings. The second kappa shape index (κ2) is 7.02. The fourth-order valence-corrected chi connectivity index (χ4v) is 4.19.